The minimum absolute atomic E-state index is 0.121. The molecule has 0 atom stereocenters. The molecule has 0 unspecified atom stereocenters. The summed E-state index contributed by atoms with van der Waals surface area (Å²) in [5.74, 6) is -0.235. The summed E-state index contributed by atoms with van der Waals surface area (Å²) in [6, 6.07) is 4.91. The lowest BCUT2D eigenvalue weighted by Gasteiger charge is -2.38. The van der Waals surface area contributed by atoms with Crippen molar-refractivity contribution in [2.75, 3.05) is 52.5 Å². The summed E-state index contributed by atoms with van der Waals surface area (Å²) < 4.78 is 19.2. The van der Waals surface area contributed by atoms with Gasteiger partial charge in [-0.2, -0.15) is 0 Å². The van der Waals surface area contributed by atoms with Crippen LogP contribution < -0.4 is 0 Å². The Balaban J connectivity index is 1.51. The van der Waals surface area contributed by atoms with Crippen molar-refractivity contribution in [2.45, 2.75) is 6.54 Å². The molecule has 2 saturated heterocycles. The van der Waals surface area contributed by atoms with Crippen LogP contribution in [0.5, 0.6) is 0 Å². The lowest BCUT2D eigenvalue weighted by atomic mass is 10.2. The zero-order valence-electron chi connectivity index (χ0n) is 13.0. The van der Waals surface area contributed by atoms with Gasteiger partial charge in [0.2, 0.25) is 0 Å². The fourth-order valence-electron chi connectivity index (χ4n) is 2.94. The number of morpholine rings is 1. The Morgan fingerprint density at radius 3 is 2.39 bits per heavy atom. The summed E-state index contributed by atoms with van der Waals surface area (Å²) in [5, 5.41) is 0. The Labute approximate surface area is 144 Å². The number of benzene rings is 1. The highest BCUT2D eigenvalue weighted by Gasteiger charge is 2.26. The van der Waals surface area contributed by atoms with Crippen LogP contribution in [0.25, 0.3) is 0 Å². The number of piperazine rings is 1. The molecule has 23 heavy (non-hydrogen) atoms. The topological polar surface area (TPSA) is 36.0 Å². The third kappa shape index (κ3) is 4.22. The van der Waals surface area contributed by atoms with Crippen LogP contribution in [0.3, 0.4) is 0 Å². The number of carbonyl (C=O) groups excluding carboxylic acids is 1. The van der Waals surface area contributed by atoms with Gasteiger partial charge in [0, 0.05) is 50.3 Å². The molecule has 2 aliphatic rings. The molecular formula is C16H21BrFN3O2. The van der Waals surface area contributed by atoms with Crippen LogP contribution in [-0.2, 0) is 11.3 Å². The van der Waals surface area contributed by atoms with Crippen molar-refractivity contribution in [1.82, 2.24) is 14.7 Å². The predicted octanol–water partition coefficient (Wildman–Crippen LogP) is 2.16. The van der Waals surface area contributed by atoms with Crippen LogP contribution in [-0.4, -0.2) is 73.2 Å². The summed E-state index contributed by atoms with van der Waals surface area (Å²) in [7, 11) is 0. The van der Waals surface area contributed by atoms with Gasteiger partial charge >= 0.3 is 6.03 Å². The fourth-order valence-corrected chi connectivity index (χ4v) is 3.42. The summed E-state index contributed by atoms with van der Waals surface area (Å²) in [6.45, 7) is 6.52. The number of carbonyl (C=O) groups is 1. The molecule has 2 aliphatic heterocycles. The standard InChI is InChI=1S/C16H21BrFN3O2/c17-15-11-14(18)2-1-13(15)12-19-3-5-20(6-4-19)16(22)21-7-9-23-10-8-21/h1-2,11H,3-10,12H2. The molecule has 0 bridgehead atoms. The van der Waals surface area contributed by atoms with E-state index in [2.05, 4.69) is 20.8 Å². The Bertz CT molecular complexity index is 558. The molecule has 1 aromatic carbocycles. The van der Waals surface area contributed by atoms with E-state index in [0.29, 0.717) is 26.3 Å². The minimum atomic E-state index is -0.235. The molecule has 1 aromatic rings. The van der Waals surface area contributed by atoms with Crippen molar-refractivity contribution in [1.29, 1.82) is 0 Å². The highest BCUT2D eigenvalue weighted by molar-refractivity contribution is 9.10. The molecule has 2 heterocycles. The molecule has 0 radical (unpaired) electrons. The van der Waals surface area contributed by atoms with Crippen LogP contribution in [0.1, 0.15) is 5.56 Å². The smallest absolute Gasteiger partial charge is 0.320 e. The number of hydrogen-bond donors (Lipinski definition) is 0. The first-order valence-electron chi connectivity index (χ1n) is 7.91. The van der Waals surface area contributed by atoms with Gasteiger partial charge in [-0.05, 0) is 17.7 Å². The van der Waals surface area contributed by atoms with Crippen LogP contribution in [0.15, 0.2) is 22.7 Å². The van der Waals surface area contributed by atoms with E-state index in [9.17, 15) is 9.18 Å². The van der Waals surface area contributed by atoms with Crippen molar-refractivity contribution in [3.8, 4) is 0 Å². The van der Waals surface area contributed by atoms with E-state index in [-0.39, 0.29) is 11.8 Å². The molecule has 0 saturated carbocycles. The van der Waals surface area contributed by atoms with Gasteiger partial charge in [-0.15, -0.1) is 0 Å². The Morgan fingerprint density at radius 2 is 1.74 bits per heavy atom. The SMILES string of the molecule is O=C(N1CCOCC1)N1CCN(Cc2ccc(F)cc2Br)CC1. The van der Waals surface area contributed by atoms with E-state index >= 15 is 0 Å². The second-order valence-electron chi connectivity index (χ2n) is 5.88. The number of halogens is 2. The number of rotatable bonds is 2. The lowest BCUT2D eigenvalue weighted by molar-refractivity contribution is 0.0373. The van der Waals surface area contributed by atoms with E-state index in [1.165, 1.54) is 12.1 Å². The van der Waals surface area contributed by atoms with Crippen LogP contribution in [0.4, 0.5) is 9.18 Å². The third-order valence-electron chi connectivity index (χ3n) is 4.33. The Morgan fingerprint density at radius 1 is 1.09 bits per heavy atom. The van der Waals surface area contributed by atoms with Crippen LogP contribution >= 0.6 is 15.9 Å². The van der Waals surface area contributed by atoms with E-state index in [1.54, 1.807) is 0 Å². The molecule has 3 rings (SSSR count). The average molecular weight is 386 g/mol. The highest BCUT2D eigenvalue weighted by Crippen LogP contribution is 2.20. The zero-order chi connectivity index (χ0) is 16.2. The van der Waals surface area contributed by atoms with E-state index < -0.39 is 0 Å². The van der Waals surface area contributed by atoms with Crippen LogP contribution in [0, 0.1) is 5.82 Å². The van der Waals surface area contributed by atoms with Crippen molar-refractivity contribution in [2.24, 2.45) is 0 Å². The first-order chi connectivity index (χ1) is 11.1. The van der Waals surface area contributed by atoms with Gasteiger partial charge in [-0.25, -0.2) is 9.18 Å². The molecular weight excluding hydrogens is 365 g/mol. The largest absolute Gasteiger partial charge is 0.378 e. The van der Waals surface area contributed by atoms with Gasteiger partial charge in [0.15, 0.2) is 0 Å². The first kappa shape index (κ1) is 16.7. The summed E-state index contributed by atoms with van der Waals surface area (Å²) >= 11 is 3.41. The summed E-state index contributed by atoms with van der Waals surface area (Å²) in [4.78, 5) is 18.5. The van der Waals surface area contributed by atoms with Gasteiger partial charge < -0.3 is 14.5 Å². The van der Waals surface area contributed by atoms with Crippen LogP contribution in [0.2, 0.25) is 0 Å². The van der Waals surface area contributed by atoms with E-state index in [0.717, 1.165) is 42.8 Å². The maximum absolute atomic E-state index is 13.1. The fraction of sp³-hybridized carbons (Fsp3) is 0.562. The summed E-state index contributed by atoms with van der Waals surface area (Å²) in [6.07, 6.45) is 0. The maximum atomic E-state index is 13.1. The number of nitrogens with zero attached hydrogens (tertiary/aromatic N) is 3. The normalized spacial score (nSPS) is 19.9. The number of amides is 2. The van der Waals surface area contributed by atoms with E-state index in [4.69, 9.17) is 4.74 Å². The molecule has 0 aromatic heterocycles. The average Bonchev–Trinajstić information content (AvgIpc) is 2.58. The lowest BCUT2D eigenvalue weighted by Crippen LogP contribution is -2.54. The molecule has 5 nitrogen and oxygen atoms in total. The van der Waals surface area contributed by atoms with E-state index in [1.807, 2.05) is 15.9 Å². The number of hydrogen-bond acceptors (Lipinski definition) is 3. The molecule has 2 fully saturated rings. The first-order valence-corrected chi connectivity index (χ1v) is 8.70. The second kappa shape index (κ2) is 7.59. The van der Waals surface area contributed by atoms with Crippen molar-refractivity contribution in [3.05, 3.63) is 34.1 Å². The Kier molecular flexibility index (Phi) is 5.50. The Hall–Kier alpha value is -1.18. The summed E-state index contributed by atoms with van der Waals surface area (Å²) in [5.41, 5.74) is 1.07. The number of ether oxygens (including phenoxy) is 1. The molecule has 0 aliphatic carbocycles. The van der Waals surface area contributed by atoms with Gasteiger partial charge in [-0.1, -0.05) is 22.0 Å². The predicted molar refractivity (Wildman–Crippen MR) is 88.7 cm³/mol. The number of urea groups is 1. The van der Waals surface area contributed by atoms with Gasteiger partial charge in [0.1, 0.15) is 5.82 Å². The zero-order valence-corrected chi connectivity index (χ0v) is 14.6. The molecule has 2 amide bonds. The quantitative estimate of drug-likeness (QED) is 0.782. The molecule has 0 N–H and O–H groups in total. The minimum Gasteiger partial charge on any atom is -0.378 e. The van der Waals surface area contributed by atoms with Crippen molar-refractivity contribution < 1.29 is 13.9 Å². The van der Waals surface area contributed by atoms with Crippen molar-refractivity contribution >= 4 is 22.0 Å². The molecule has 126 valence electrons. The van der Waals surface area contributed by atoms with Crippen molar-refractivity contribution in [3.63, 3.8) is 0 Å². The maximum Gasteiger partial charge on any atom is 0.320 e. The third-order valence-corrected chi connectivity index (χ3v) is 5.07. The monoisotopic (exact) mass is 385 g/mol. The van der Waals surface area contributed by atoms with Gasteiger partial charge in [0.05, 0.1) is 13.2 Å². The highest BCUT2D eigenvalue weighted by atomic mass is 79.9. The second-order valence-corrected chi connectivity index (χ2v) is 6.74. The van der Waals surface area contributed by atoms with Gasteiger partial charge in [-0.3, -0.25) is 4.90 Å². The molecule has 0 spiro atoms. The van der Waals surface area contributed by atoms with Gasteiger partial charge in [0.25, 0.3) is 0 Å². The molecule has 7 heteroatoms.